The molecule has 0 spiro atoms. The quantitative estimate of drug-likeness (QED) is 0.117. The lowest BCUT2D eigenvalue weighted by molar-refractivity contribution is -0.394. The monoisotopic (exact) mass is 476 g/mol. The van der Waals surface area contributed by atoms with Crippen LogP contribution < -0.4 is 4.74 Å². The van der Waals surface area contributed by atoms with Crippen LogP contribution in [0, 0.1) is 20.2 Å². The van der Waals surface area contributed by atoms with Crippen molar-refractivity contribution in [3.63, 3.8) is 0 Å². The van der Waals surface area contributed by atoms with Gasteiger partial charge in [-0.1, -0.05) is 80.1 Å². The van der Waals surface area contributed by atoms with Crippen LogP contribution in [0.25, 0.3) is 11.1 Å². The predicted molar refractivity (Wildman–Crippen MR) is 135 cm³/mol. The molecular weight excluding hydrogens is 448 g/mol. The first-order valence-electron chi connectivity index (χ1n) is 11.1. The highest BCUT2D eigenvalue weighted by molar-refractivity contribution is 5.86. The summed E-state index contributed by atoms with van der Waals surface area (Å²) >= 11 is 0. The molecule has 0 radical (unpaired) electrons. The maximum absolute atomic E-state index is 11.8. The fourth-order valence-electron chi connectivity index (χ4n) is 3.19. The second-order valence-corrected chi connectivity index (χ2v) is 8.08. The van der Waals surface area contributed by atoms with E-state index in [2.05, 4.69) is 48.5 Å². The van der Waals surface area contributed by atoms with Crippen molar-refractivity contribution in [1.82, 2.24) is 0 Å². The van der Waals surface area contributed by atoms with E-state index in [1.54, 1.807) is 20.8 Å². The molecule has 8 nitrogen and oxygen atoms in total. The maximum atomic E-state index is 11.8. The van der Waals surface area contributed by atoms with Crippen LogP contribution in [0.15, 0.2) is 84.4 Å². The third kappa shape index (κ3) is 7.89. The molecule has 0 aliphatic heterocycles. The van der Waals surface area contributed by atoms with Crippen molar-refractivity contribution in [2.75, 3.05) is 0 Å². The van der Waals surface area contributed by atoms with Crippen LogP contribution in [0.1, 0.15) is 45.6 Å². The Balaban J connectivity index is 0.000000298. The van der Waals surface area contributed by atoms with E-state index in [0.29, 0.717) is 12.0 Å². The van der Waals surface area contributed by atoms with Gasteiger partial charge < -0.3 is 4.74 Å². The largest absolute Gasteiger partial charge is 0.416 e. The van der Waals surface area contributed by atoms with E-state index in [9.17, 15) is 25.0 Å². The van der Waals surface area contributed by atoms with Crippen molar-refractivity contribution in [2.45, 2.75) is 40.0 Å². The summed E-state index contributed by atoms with van der Waals surface area (Å²) in [5.74, 6) is -1.24. The van der Waals surface area contributed by atoms with Crippen molar-refractivity contribution in [2.24, 2.45) is 0 Å². The molecule has 0 aromatic heterocycles. The molecule has 8 heteroatoms. The molecule has 0 heterocycles. The summed E-state index contributed by atoms with van der Waals surface area (Å²) in [5, 5.41) is 22.2. The molecule has 3 rings (SSSR count). The van der Waals surface area contributed by atoms with E-state index in [0.717, 1.165) is 6.07 Å². The van der Waals surface area contributed by atoms with Gasteiger partial charge in [0.25, 0.3) is 5.69 Å². The molecule has 0 bridgehead atoms. The van der Waals surface area contributed by atoms with Gasteiger partial charge in [-0.25, -0.2) is 4.79 Å². The second kappa shape index (κ2) is 12.8. The van der Waals surface area contributed by atoms with E-state index >= 15 is 0 Å². The minimum Gasteiger partial charge on any atom is -0.416 e. The molecule has 0 fully saturated rings. The van der Waals surface area contributed by atoms with Gasteiger partial charge in [0.15, 0.2) is 0 Å². The average Bonchev–Trinajstić information content (AvgIpc) is 2.84. The van der Waals surface area contributed by atoms with Crippen LogP contribution in [0.2, 0.25) is 0 Å². The fraction of sp³-hybridized carbons (Fsp3) is 0.222. The Kier molecular flexibility index (Phi) is 9.84. The molecule has 3 aromatic rings. The zero-order valence-electron chi connectivity index (χ0n) is 20.1. The van der Waals surface area contributed by atoms with Crippen LogP contribution in [0.4, 0.5) is 11.4 Å². The lowest BCUT2D eigenvalue weighted by Crippen LogP contribution is -2.10. The van der Waals surface area contributed by atoms with Crippen LogP contribution in [0.5, 0.6) is 5.75 Å². The lowest BCUT2D eigenvalue weighted by Gasteiger charge is -2.14. The molecule has 0 saturated heterocycles. The molecule has 0 saturated carbocycles. The summed E-state index contributed by atoms with van der Waals surface area (Å²) in [4.78, 5) is 32.6. The number of benzene rings is 3. The Bertz CT molecular complexity index is 1170. The topological polar surface area (TPSA) is 113 Å². The number of allylic oxidation sites excluding steroid dienone is 1. The Labute approximate surface area is 204 Å². The van der Waals surface area contributed by atoms with Gasteiger partial charge >= 0.3 is 11.7 Å². The summed E-state index contributed by atoms with van der Waals surface area (Å²) < 4.78 is 5.13. The van der Waals surface area contributed by atoms with Gasteiger partial charge in [0, 0.05) is 17.7 Å². The zero-order valence-corrected chi connectivity index (χ0v) is 20.1. The highest BCUT2D eigenvalue weighted by atomic mass is 16.6. The Morgan fingerprint density at radius 1 is 0.914 bits per heavy atom. The Morgan fingerprint density at radius 3 is 1.83 bits per heavy atom. The van der Waals surface area contributed by atoms with Gasteiger partial charge in [-0.2, -0.15) is 0 Å². The molecule has 0 aliphatic carbocycles. The third-order valence-electron chi connectivity index (χ3n) is 5.12. The van der Waals surface area contributed by atoms with Gasteiger partial charge in [0.05, 0.1) is 15.9 Å². The minimum atomic E-state index is -0.788. The Hall–Kier alpha value is -4.33. The summed E-state index contributed by atoms with van der Waals surface area (Å²) in [6, 6.07) is 22.8. The molecule has 35 heavy (non-hydrogen) atoms. The summed E-state index contributed by atoms with van der Waals surface area (Å²) in [5.41, 5.74) is 2.49. The first-order chi connectivity index (χ1) is 16.6. The molecular formula is C27H28N2O6. The minimum absolute atomic E-state index is 0.238. The van der Waals surface area contributed by atoms with Crippen molar-refractivity contribution < 1.29 is 19.4 Å². The van der Waals surface area contributed by atoms with Crippen LogP contribution in [-0.2, 0) is 4.79 Å². The maximum Gasteiger partial charge on any atom is 0.336 e. The highest BCUT2D eigenvalue weighted by Gasteiger charge is 2.28. The normalized spacial score (nSPS) is 10.9. The number of nitro groups is 2. The van der Waals surface area contributed by atoms with Crippen molar-refractivity contribution >= 4 is 17.3 Å². The number of esters is 1. The van der Waals surface area contributed by atoms with Crippen molar-refractivity contribution in [1.29, 1.82) is 0 Å². The van der Waals surface area contributed by atoms with Gasteiger partial charge in [-0.05, 0) is 37.3 Å². The first-order valence-corrected chi connectivity index (χ1v) is 11.1. The third-order valence-corrected chi connectivity index (χ3v) is 5.12. The van der Waals surface area contributed by atoms with Crippen LogP contribution in [0.3, 0.4) is 0 Å². The van der Waals surface area contributed by atoms with Crippen molar-refractivity contribution in [3.8, 4) is 16.9 Å². The van der Waals surface area contributed by atoms with Gasteiger partial charge in [-0.3, -0.25) is 20.2 Å². The van der Waals surface area contributed by atoms with Crippen LogP contribution >= 0.6 is 0 Å². The average molecular weight is 477 g/mol. The second-order valence-electron chi connectivity index (χ2n) is 8.08. The molecule has 3 aromatic carbocycles. The smallest absolute Gasteiger partial charge is 0.336 e. The fourth-order valence-corrected chi connectivity index (χ4v) is 3.19. The van der Waals surface area contributed by atoms with E-state index < -0.39 is 27.2 Å². The number of carbonyl (C=O) groups is 1. The number of nitrogens with zero attached hydrogens (tertiary/aromatic N) is 2. The Morgan fingerprint density at radius 2 is 1.43 bits per heavy atom. The molecule has 0 aliphatic rings. The number of hydrogen-bond donors (Lipinski definition) is 0. The van der Waals surface area contributed by atoms with E-state index in [1.807, 2.05) is 19.1 Å². The summed E-state index contributed by atoms with van der Waals surface area (Å²) in [6.07, 6.45) is 1.77. The van der Waals surface area contributed by atoms with Crippen LogP contribution in [-0.4, -0.2) is 15.8 Å². The molecule has 1 unspecified atom stereocenters. The standard InChI is InChI=1S/C15H18N2O6.C12H10/c1-5-10(4)12-7-11(16(19)20)8-13(17(21)22)15(12)23-14(18)6-9(2)3;1-3-7-11(8-4-1)12-9-5-2-6-10-12/h6-8,10H,5H2,1-4H3;1-10H. The molecule has 0 amide bonds. The van der Waals surface area contributed by atoms with Gasteiger partial charge in [0.2, 0.25) is 5.75 Å². The molecule has 182 valence electrons. The number of ether oxygens (including phenoxy) is 1. The number of rotatable bonds is 7. The number of hydrogen-bond acceptors (Lipinski definition) is 6. The van der Waals surface area contributed by atoms with Gasteiger partial charge in [0.1, 0.15) is 0 Å². The summed E-state index contributed by atoms with van der Waals surface area (Å²) in [6.45, 7) is 6.94. The van der Waals surface area contributed by atoms with E-state index in [4.69, 9.17) is 4.74 Å². The molecule has 1 atom stereocenters. The SMILES string of the molecule is CCC(C)c1cc([N+](=O)[O-])cc([N+](=O)[O-])c1OC(=O)C=C(C)C.c1ccc(-c2ccccc2)cc1. The zero-order chi connectivity index (χ0) is 26.0. The molecule has 0 N–H and O–H groups in total. The predicted octanol–water partition coefficient (Wildman–Crippen LogP) is 7.24. The van der Waals surface area contributed by atoms with Crippen molar-refractivity contribution in [3.05, 3.63) is 110 Å². The van der Waals surface area contributed by atoms with E-state index in [1.165, 1.54) is 23.3 Å². The highest BCUT2D eigenvalue weighted by Crippen LogP contribution is 2.40. The lowest BCUT2D eigenvalue weighted by atomic mass is 9.96. The van der Waals surface area contributed by atoms with Gasteiger partial charge in [-0.15, -0.1) is 0 Å². The number of non-ortho nitro benzene ring substituents is 1. The first kappa shape index (κ1) is 26.9. The summed E-state index contributed by atoms with van der Waals surface area (Å²) in [7, 11) is 0. The number of carbonyl (C=O) groups excluding carboxylic acids is 1. The number of nitro benzene ring substituents is 2. The van der Waals surface area contributed by atoms with E-state index in [-0.39, 0.29) is 17.2 Å².